The summed E-state index contributed by atoms with van der Waals surface area (Å²) in [6, 6.07) is 17.9. The third-order valence-electron chi connectivity index (χ3n) is 4.49. The lowest BCUT2D eigenvalue weighted by Crippen LogP contribution is -2.45. The first-order chi connectivity index (χ1) is 14.4. The molecule has 154 valence electrons. The highest BCUT2D eigenvalue weighted by Gasteiger charge is 2.19. The molecule has 3 N–H and O–H groups in total. The van der Waals surface area contributed by atoms with Gasteiger partial charge in [-0.2, -0.15) is 0 Å². The van der Waals surface area contributed by atoms with Crippen LogP contribution in [-0.4, -0.2) is 17.9 Å². The summed E-state index contributed by atoms with van der Waals surface area (Å²) >= 11 is 0. The predicted molar refractivity (Wildman–Crippen MR) is 108 cm³/mol. The van der Waals surface area contributed by atoms with Crippen molar-refractivity contribution in [3.05, 3.63) is 101 Å². The number of carbonyl (C=O) groups excluding carboxylic acids is 2. The largest absolute Gasteiger partial charge is 0.489 e. The van der Waals surface area contributed by atoms with Gasteiger partial charge in [0.25, 0.3) is 5.91 Å². The zero-order valence-corrected chi connectivity index (χ0v) is 16.0. The van der Waals surface area contributed by atoms with Crippen molar-refractivity contribution < 1.29 is 23.1 Å². The van der Waals surface area contributed by atoms with Crippen LogP contribution >= 0.6 is 0 Å². The summed E-state index contributed by atoms with van der Waals surface area (Å²) in [5.74, 6) is -2.16. The van der Waals surface area contributed by atoms with Crippen molar-refractivity contribution in [2.45, 2.75) is 19.1 Å². The topological polar surface area (TPSA) is 81.4 Å². The molecule has 0 aliphatic carbocycles. The molecule has 7 heteroatoms. The average molecular weight is 410 g/mol. The molecule has 0 bridgehead atoms. The number of nitrogens with two attached hydrogens (primary N) is 1. The van der Waals surface area contributed by atoms with Crippen LogP contribution < -0.4 is 15.8 Å². The number of hydrogen-bond acceptors (Lipinski definition) is 3. The summed E-state index contributed by atoms with van der Waals surface area (Å²) < 4.78 is 32.7. The van der Waals surface area contributed by atoms with Crippen molar-refractivity contribution in [1.82, 2.24) is 5.32 Å². The molecule has 2 amide bonds. The molecule has 3 rings (SSSR count). The SMILES string of the molecule is NC(=O)[C@H](Cc1ccccc1)NC(=O)c1ccc(OCc2c(F)cccc2F)cc1. The highest BCUT2D eigenvalue weighted by Crippen LogP contribution is 2.18. The first-order valence-corrected chi connectivity index (χ1v) is 9.24. The van der Waals surface area contributed by atoms with Gasteiger partial charge in [-0.3, -0.25) is 9.59 Å². The number of primary amides is 1. The molecule has 0 aromatic heterocycles. The Morgan fingerprint density at radius 3 is 2.13 bits per heavy atom. The monoisotopic (exact) mass is 410 g/mol. The Morgan fingerprint density at radius 1 is 0.900 bits per heavy atom. The van der Waals surface area contributed by atoms with Crippen molar-refractivity contribution in [2.24, 2.45) is 5.73 Å². The van der Waals surface area contributed by atoms with Crippen LogP contribution in [0, 0.1) is 11.6 Å². The Labute approximate surface area is 172 Å². The van der Waals surface area contributed by atoms with Crippen LogP contribution in [0.3, 0.4) is 0 Å². The molecule has 30 heavy (non-hydrogen) atoms. The Morgan fingerprint density at radius 2 is 1.53 bits per heavy atom. The molecule has 3 aromatic rings. The Hall–Kier alpha value is -3.74. The van der Waals surface area contributed by atoms with Gasteiger partial charge in [-0.05, 0) is 42.0 Å². The molecule has 0 saturated carbocycles. The van der Waals surface area contributed by atoms with E-state index in [2.05, 4.69) is 5.32 Å². The summed E-state index contributed by atoms with van der Waals surface area (Å²) in [7, 11) is 0. The normalized spacial score (nSPS) is 11.5. The first kappa shape index (κ1) is 21.0. The fraction of sp³-hybridized carbons (Fsp3) is 0.130. The third-order valence-corrected chi connectivity index (χ3v) is 4.49. The standard InChI is InChI=1S/C23H20F2N2O3/c24-19-7-4-8-20(25)18(19)14-30-17-11-9-16(10-12-17)23(29)27-21(22(26)28)13-15-5-2-1-3-6-15/h1-12,21H,13-14H2,(H2,26,28)(H,27,29)/t21-/m0/s1. The third kappa shape index (κ3) is 5.41. The molecule has 0 radical (unpaired) electrons. The molecular formula is C23H20F2N2O3. The van der Waals surface area contributed by atoms with Crippen molar-refractivity contribution in [3.63, 3.8) is 0 Å². The number of carbonyl (C=O) groups is 2. The molecule has 3 aromatic carbocycles. The summed E-state index contributed by atoms with van der Waals surface area (Å²) in [6.45, 7) is -0.287. The van der Waals surface area contributed by atoms with Gasteiger partial charge in [-0.25, -0.2) is 8.78 Å². The summed E-state index contributed by atoms with van der Waals surface area (Å²) in [6.07, 6.45) is 0.275. The van der Waals surface area contributed by atoms with E-state index in [1.807, 2.05) is 30.3 Å². The molecule has 0 aliphatic heterocycles. The smallest absolute Gasteiger partial charge is 0.251 e. The lowest BCUT2D eigenvalue weighted by atomic mass is 10.0. The second-order valence-electron chi connectivity index (χ2n) is 6.63. The van der Waals surface area contributed by atoms with E-state index < -0.39 is 29.5 Å². The number of rotatable bonds is 8. The Balaban J connectivity index is 1.62. The summed E-state index contributed by atoms with van der Waals surface area (Å²) in [5.41, 5.74) is 6.40. The lowest BCUT2D eigenvalue weighted by molar-refractivity contribution is -0.119. The minimum Gasteiger partial charge on any atom is -0.489 e. The number of hydrogen-bond donors (Lipinski definition) is 2. The minimum absolute atomic E-state index is 0.176. The molecule has 0 spiro atoms. The molecule has 0 saturated heterocycles. The van der Waals surface area contributed by atoms with Gasteiger partial charge in [0.15, 0.2) is 0 Å². The van der Waals surface area contributed by atoms with E-state index in [0.29, 0.717) is 11.3 Å². The molecule has 0 aliphatic rings. The second-order valence-corrected chi connectivity index (χ2v) is 6.63. The molecular weight excluding hydrogens is 390 g/mol. The molecule has 0 fully saturated rings. The molecule has 5 nitrogen and oxygen atoms in total. The van der Waals surface area contributed by atoms with Crippen LogP contribution in [0.15, 0.2) is 72.8 Å². The van der Waals surface area contributed by atoms with Crippen molar-refractivity contribution >= 4 is 11.8 Å². The van der Waals surface area contributed by atoms with Gasteiger partial charge in [0.2, 0.25) is 5.91 Å². The maximum atomic E-state index is 13.7. The van der Waals surface area contributed by atoms with E-state index in [0.717, 1.165) is 17.7 Å². The maximum Gasteiger partial charge on any atom is 0.251 e. The van der Waals surface area contributed by atoms with Crippen LogP contribution in [0.5, 0.6) is 5.75 Å². The number of amides is 2. The quantitative estimate of drug-likeness (QED) is 0.597. The minimum atomic E-state index is -0.861. The highest BCUT2D eigenvalue weighted by atomic mass is 19.1. The Kier molecular flexibility index (Phi) is 6.75. The maximum absolute atomic E-state index is 13.7. The van der Waals surface area contributed by atoms with Gasteiger partial charge >= 0.3 is 0 Å². The van der Waals surface area contributed by atoms with Crippen molar-refractivity contribution in [1.29, 1.82) is 0 Å². The van der Waals surface area contributed by atoms with Gasteiger partial charge in [0.05, 0.1) is 5.56 Å². The van der Waals surface area contributed by atoms with E-state index in [9.17, 15) is 18.4 Å². The molecule has 0 heterocycles. The van der Waals surface area contributed by atoms with E-state index in [1.54, 1.807) is 0 Å². The van der Waals surface area contributed by atoms with Gasteiger partial charge in [-0.15, -0.1) is 0 Å². The van der Waals surface area contributed by atoms with Crippen molar-refractivity contribution in [3.8, 4) is 5.75 Å². The summed E-state index contributed by atoms with van der Waals surface area (Å²) in [4.78, 5) is 24.2. The van der Waals surface area contributed by atoms with E-state index >= 15 is 0 Å². The van der Waals surface area contributed by atoms with Gasteiger partial charge in [-0.1, -0.05) is 36.4 Å². The number of nitrogens with one attached hydrogen (secondary N) is 1. The molecule has 0 unspecified atom stereocenters. The first-order valence-electron chi connectivity index (χ1n) is 9.24. The highest BCUT2D eigenvalue weighted by molar-refractivity contribution is 5.97. The zero-order chi connectivity index (χ0) is 21.5. The fourth-order valence-corrected chi connectivity index (χ4v) is 2.84. The molecule has 1 atom stereocenters. The predicted octanol–water partition coefficient (Wildman–Crippen LogP) is 3.37. The van der Waals surface area contributed by atoms with E-state index in [4.69, 9.17) is 10.5 Å². The van der Waals surface area contributed by atoms with Crippen LogP contribution in [0.4, 0.5) is 8.78 Å². The van der Waals surface area contributed by atoms with Gasteiger partial charge in [0.1, 0.15) is 30.0 Å². The van der Waals surface area contributed by atoms with Gasteiger partial charge in [0, 0.05) is 12.0 Å². The van der Waals surface area contributed by atoms with Crippen LogP contribution in [0.2, 0.25) is 0 Å². The van der Waals surface area contributed by atoms with Gasteiger partial charge < -0.3 is 15.8 Å². The average Bonchev–Trinajstić information content (AvgIpc) is 2.74. The van der Waals surface area contributed by atoms with E-state index in [1.165, 1.54) is 30.3 Å². The fourth-order valence-electron chi connectivity index (χ4n) is 2.84. The van der Waals surface area contributed by atoms with Crippen molar-refractivity contribution in [2.75, 3.05) is 0 Å². The summed E-state index contributed by atoms with van der Waals surface area (Å²) in [5, 5.41) is 2.62. The zero-order valence-electron chi connectivity index (χ0n) is 16.0. The number of ether oxygens (including phenoxy) is 1. The Bertz CT molecular complexity index is 1000. The van der Waals surface area contributed by atoms with Crippen LogP contribution in [0.1, 0.15) is 21.5 Å². The number of halogens is 2. The van der Waals surface area contributed by atoms with Crippen LogP contribution in [-0.2, 0) is 17.8 Å². The van der Waals surface area contributed by atoms with E-state index in [-0.39, 0.29) is 18.6 Å². The van der Waals surface area contributed by atoms with Crippen LogP contribution in [0.25, 0.3) is 0 Å². The second kappa shape index (κ2) is 9.65. The number of benzene rings is 3. The lowest BCUT2D eigenvalue weighted by Gasteiger charge is -2.16.